The van der Waals surface area contributed by atoms with E-state index in [9.17, 15) is 13.2 Å². The number of amides is 1. The van der Waals surface area contributed by atoms with Crippen LogP contribution in [-0.2, 0) is 32.8 Å². The maximum Gasteiger partial charge on any atom is 0.282 e. The molecule has 0 aliphatic carbocycles. The largest absolute Gasteiger partial charge is 0.378 e. The molecule has 8 heteroatoms. The summed E-state index contributed by atoms with van der Waals surface area (Å²) in [6.45, 7) is 3.32. The lowest BCUT2D eigenvalue weighted by Gasteiger charge is -2.37. The molecule has 0 N–H and O–H groups in total. The Balaban J connectivity index is 1.45. The molecule has 7 nitrogen and oxygen atoms in total. The molecule has 3 aliphatic rings. The molecule has 3 heterocycles. The summed E-state index contributed by atoms with van der Waals surface area (Å²) < 4.78 is 34.4. The lowest BCUT2D eigenvalue weighted by atomic mass is 10.1. The smallest absolute Gasteiger partial charge is 0.282 e. The molecular weight excluding hydrogens is 354 g/mol. The van der Waals surface area contributed by atoms with Gasteiger partial charge in [-0.15, -0.1) is 0 Å². The highest BCUT2D eigenvalue weighted by molar-refractivity contribution is 7.86. The van der Waals surface area contributed by atoms with Gasteiger partial charge in [-0.3, -0.25) is 4.79 Å². The molecule has 0 saturated carbocycles. The third-order valence-corrected chi connectivity index (χ3v) is 7.56. The van der Waals surface area contributed by atoms with Crippen LogP contribution < -0.4 is 0 Å². The third kappa shape index (κ3) is 3.38. The van der Waals surface area contributed by atoms with Gasteiger partial charge in [0.2, 0.25) is 5.91 Å². The maximum absolute atomic E-state index is 13.0. The van der Waals surface area contributed by atoms with Crippen molar-refractivity contribution in [1.29, 1.82) is 0 Å². The second-order valence-electron chi connectivity index (χ2n) is 7.18. The molecule has 142 valence electrons. The van der Waals surface area contributed by atoms with Crippen LogP contribution in [0.15, 0.2) is 24.3 Å². The highest BCUT2D eigenvalue weighted by Crippen LogP contribution is 2.26. The predicted molar refractivity (Wildman–Crippen MR) is 96.4 cm³/mol. The van der Waals surface area contributed by atoms with Crippen molar-refractivity contribution in [1.82, 2.24) is 13.5 Å². The Labute approximate surface area is 154 Å². The summed E-state index contributed by atoms with van der Waals surface area (Å²) in [5.41, 5.74) is 2.34. The maximum atomic E-state index is 13.0. The summed E-state index contributed by atoms with van der Waals surface area (Å²) in [6, 6.07) is 7.61. The van der Waals surface area contributed by atoms with Crippen LogP contribution in [0.25, 0.3) is 0 Å². The van der Waals surface area contributed by atoms with Crippen LogP contribution in [0, 0.1) is 0 Å². The predicted octanol–water partition coefficient (Wildman–Crippen LogP) is 0.960. The average molecular weight is 379 g/mol. The zero-order valence-corrected chi connectivity index (χ0v) is 15.7. The number of carbonyl (C=O) groups excluding carboxylic acids is 1. The molecule has 4 rings (SSSR count). The SMILES string of the molecule is O=C(C[C@@H]1COCCN1S(=O)(=O)N1CCCC1)N1Cc2ccccc2C1. The summed E-state index contributed by atoms with van der Waals surface area (Å²) in [7, 11) is -3.52. The minimum Gasteiger partial charge on any atom is -0.378 e. The van der Waals surface area contributed by atoms with E-state index in [1.54, 1.807) is 9.21 Å². The monoisotopic (exact) mass is 379 g/mol. The molecular formula is C18H25N3O4S. The van der Waals surface area contributed by atoms with Crippen molar-refractivity contribution in [2.24, 2.45) is 0 Å². The molecule has 0 radical (unpaired) electrons. The van der Waals surface area contributed by atoms with Gasteiger partial charge in [0, 0.05) is 39.1 Å². The highest BCUT2D eigenvalue weighted by atomic mass is 32.2. The fraction of sp³-hybridized carbons (Fsp3) is 0.611. The van der Waals surface area contributed by atoms with E-state index in [1.165, 1.54) is 15.4 Å². The molecule has 0 aromatic heterocycles. The Bertz CT molecular complexity index is 751. The van der Waals surface area contributed by atoms with Crippen molar-refractivity contribution in [2.45, 2.75) is 38.4 Å². The Hall–Kier alpha value is -1.48. The second-order valence-corrected chi connectivity index (χ2v) is 9.06. The molecule has 1 atom stereocenters. The van der Waals surface area contributed by atoms with Crippen LogP contribution in [0.1, 0.15) is 30.4 Å². The van der Waals surface area contributed by atoms with Crippen LogP contribution in [0.3, 0.4) is 0 Å². The van der Waals surface area contributed by atoms with E-state index in [-0.39, 0.29) is 18.9 Å². The van der Waals surface area contributed by atoms with Crippen molar-refractivity contribution in [3.63, 3.8) is 0 Å². The van der Waals surface area contributed by atoms with E-state index in [0.29, 0.717) is 39.3 Å². The van der Waals surface area contributed by atoms with Crippen LogP contribution in [0.5, 0.6) is 0 Å². The quantitative estimate of drug-likeness (QED) is 0.781. The Morgan fingerprint density at radius 3 is 2.38 bits per heavy atom. The molecule has 0 unspecified atom stereocenters. The second kappa shape index (κ2) is 7.26. The van der Waals surface area contributed by atoms with Crippen LogP contribution >= 0.6 is 0 Å². The lowest BCUT2D eigenvalue weighted by Crippen LogP contribution is -2.54. The molecule has 1 aromatic rings. The van der Waals surface area contributed by atoms with Crippen LogP contribution in [0.2, 0.25) is 0 Å². The number of hydrogen-bond acceptors (Lipinski definition) is 4. The number of fused-ring (bicyclic) bond motifs is 1. The summed E-state index contributed by atoms with van der Waals surface area (Å²) in [6.07, 6.45) is 1.97. The third-order valence-electron chi connectivity index (χ3n) is 5.46. The number of hydrogen-bond donors (Lipinski definition) is 0. The van der Waals surface area contributed by atoms with E-state index >= 15 is 0 Å². The zero-order chi connectivity index (χ0) is 18.1. The van der Waals surface area contributed by atoms with Gasteiger partial charge in [-0.2, -0.15) is 17.0 Å². The number of morpholine rings is 1. The van der Waals surface area contributed by atoms with Gasteiger partial charge in [0.15, 0.2) is 0 Å². The summed E-state index contributed by atoms with van der Waals surface area (Å²) in [4.78, 5) is 14.6. The van der Waals surface area contributed by atoms with Crippen molar-refractivity contribution < 1.29 is 17.9 Å². The minimum absolute atomic E-state index is 0.0154. The van der Waals surface area contributed by atoms with Gasteiger partial charge in [-0.25, -0.2) is 0 Å². The van der Waals surface area contributed by atoms with E-state index in [1.807, 2.05) is 24.3 Å². The highest BCUT2D eigenvalue weighted by Gasteiger charge is 2.39. The topological polar surface area (TPSA) is 70.2 Å². The molecule has 26 heavy (non-hydrogen) atoms. The zero-order valence-electron chi connectivity index (χ0n) is 14.8. The number of benzene rings is 1. The van der Waals surface area contributed by atoms with Crippen molar-refractivity contribution >= 4 is 16.1 Å². The fourth-order valence-electron chi connectivity index (χ4n) is 4.01. The molecule has 1 amide bonds. The summed E-state index contributed by atoms with van der Waals surface area (Å²) in [5.74, 6) is -0.0154. The summed E-state index contributed by atoms with van der Waals surface area (Å²) >= 11 is 0. The molecule has 2 fully saturated rings. The number of rotatable bonds is 4. The number of carbonyl (C=O) groups is 1. The molecule has 3 aliphatic heterocycles. The van der Waals surface area contributed by atoms with Gasteiger partial charge < -0.3 is 9.64 Å². The minimum atomic E-state index is -3.52. The number of ether oxygens (including phenoxy) is 1. The van der Waals surface area contributed by atoms with E-state index in [2.05, 4.69) is 0 Å². The van der Waals surface area contributed by atoms with Crippen LogP contribution in [-0.4, -0.2) is 66.7 Å². The lowest BCUT2D eigenvalue weighted by molar-refractivity contribution is -0.133. The van der Waals surface area contributed by atoms with E-state index in [0.717, 1.165) is 12.8 Å². The first-order chi connectivity index (χ1) is 12.6. The first-order valence-corrected chi connectivity index (χ1v) is 10.6. The normalized spacial score (nSPS) is 24.8. The molecule has 0 bridgehead atoms. The Morgan fingerprint density at radius 1 is 1.08 bits per heavy atom. The van der Waals surface area contributed by atoms with Crippen LogP contribution in [0.4, 0.5) is 0 Å². The standard InChI is InChI=1S/C18H25N3O4S/c22-18(19-12-15-5-1-2-6-16(15)13-19)11-17-14-25-10-9-21(17)26(23,24)20-7-3-4-8-20/h1-2,5-6,17H,3-4,7-14H2/t17-/m1/s1. The first kappa shape index (κ1) is 17.9. The Morgan fingerprint density at radius 2 is 1.73 bits per heavy atom. The van der Waals surface area contributed by atoms with Gasteiger partial charge >= 0.3 is 0 Å². The van der Waals surface area contributed by atoms with Gasteiger partial charge in [-0.1, -0.05) is 24.3 Å². The average Bonchev–Trinajstić information content (AvgIpc) is 3.32. The van der Waals surface area contributed by atoms with Crippen molar-refractivity contribution in [2.75, 3.05) is 32.8 Å². The number of nitrogens with zero attached hydrogens (tertiary/aromatic N) is 3. The van der Waals surface area contributed by atoms with Gasteiger partial charge in [0.25, 0.3) is 10.2 Å². The molecule has 0 spiro atoms. The van der Waals surface area contributed by atoms with Crippen molar-refractivity contribution in [3.05, 3.63) is 35.4 Å². The summed E-state index contributed by atoms with van der Waals surface area (Å²) in [5, 5.41) is 0. The van der Waals surface area contributed by atoms with E-state index in [4.69, 9.17) is 4.74 Å². The fourth-order valence-corrected chi connectivity index (χ4v) is 5.85. The Kier molecular flexibility index (Phi) is 5.00. The van der Waals surface area contributed by atoms with E-state index < -0.39 is 16.3 Å². The van der Waals surface area contributed by atoms with Gasteiger partial charge in [0.05, 0.1) is 19.3 Å². The molecule has 2 saturated heterocycles. The first-order valence-electron chi connectivity index (χ1n) is 9.25. The van der Waals surface area contributed by atoms with Gasteiger partial charge in [-0.05, 0) is 24.0 Å². The molecule has 1 aromatic carbocycles. The van der Waals surface area contributed by atoms with Crippen molar-refractivity contribution in [3.8, 4) is 0 Å². The van der Waals surface area contributed by atoms with Gasteiger partial charge in [0.1, 0.15) is 0 Å².